The largest absolute Gasteiger partial charge is 0.484 e. The van der Waals surface area contributed by atoms with Crippen LogP contribution >= 0.6 is 12.2 Å². The van der Waals surface area contributed by atoms with Gasteiger partial charge in [0.25, 0.3) is 5.91 Å². The van der Waals surface area contributed by atoms with Crippen molar-refractivity contribution in [1.82, 2.24) is 16.2 Å². The smallest absolute Gasteiger partial charge is 0.264 e. The SMILES string of the molecule is Cc1ccc(C)c(NC(=O)CCC(=O)NNC(=S)NC(=O)COc2ccccc2)c1. The lowest BCUT2D eigenvalue weighted by Crippen LogP contribution is -2.49. The number of carbonyl (C=O) groups excluding carboxylic acids is 3. The van der Waals surface area contributed by atoms with Crippen molar-refractivity contribution in [2.45, 2.75) is 26.7 Å². The van der Waals surface area contributed by atoms with Gasteiger partial charge in [0.05, 0.1) is 0 Å². The Balaban J connectivity index is 1.63. The Hall–Kier alpha value is -3.46. The molecule has 0 unspecified atom stereocenters. The summed E-state index contributed by atoms with van der Waals surface area (Å²) in [5, 5.41) is 5.09. The average Bonchev–Trinajstić information content (AvgIpc) is 2.72. The fourth-order valence-electron chi connectivity index (χ4n) is 2.36. The van der Waals surface area contributed by atoms with Crippen LogP contribution in [0, 0.1) is 13.8 Å². The highest BCUT2D eigenvalue weighted by Gasteiger charge is 2.10. The monoisotopic (exact) mass is 428 g/mol. The molecule has 0 heterocycles. The van der Waals surface area contributed by atoms with Gasteiger partial charge in [0.1, 0.15) is 5.75 Å². The summed E-state index contributed by atoms with van der Waals surface area (Å²) in [5.74, 6) is -0.631. The highest BCUT2D eigenvalue weighted by molar-refractivity contribution is 7.80. The number of anilines is 1. The number of hydrazine groups is 1. The molecule has 0 radical (unpaired) electrons. The van der Waals surface area contributed by atoms with E-state index in [4.69, 9.17) is 17.0 Å². The lowest BCUT2D eigenvalue weighted by Gasteiger charge is -2.12. The number of thiocarbonyl (C=S) groups is 1. The number of rotatable bonds is 7. The summed E-state index contributed by atoms with van der Waals surface area (Å²) in [5.41, 5.74) is 7.44. The molecule has 0 atom stereocenters. The van der Waals surface area contributed by atoms with Crippen molar-refractivity contribution in [3.63, 3.8) is 0 Å². The molecule has 0 fully saturated rings. The third-order valence-electron chi connectivity index (χ3n) is 3.93. The maximum Gasteiger partial charge on any atom is 0.264 e. The first-order valence-electron chi connectivity index (χ1n) is 9.27. The van der Waals surface area contributed by atoms with Crippen molar-refractivity contribution in [1.29, 1.82) is 0 Å². The van der Waals surface area contributed by atoms with Crippen LogP contribution in [0.2, 0.25) is 0 Å². The number of ether oxygens (including phenoxy) is 1. The molecule has 4 N–H and O–H groups in total. The Morgan fingerprint density at radius 1 is 0.900 bits per heavy atom. The number of para-hydroxylation sites is 1. The second kappa shape index (κ2) is 11.5. The van der Waals surface area contributed by atoms with E-state index in [2.05, 4.69) is 21.5 Å². The second-order valence-corrected chi connectivity index (χ2v) is 6.93. The van der Waals surface area contributed by atoms with Gasteiger partial charge >= 0.3 is 0 Å². The molecule has 0 saturated carbocycles. The topological polar surface area (TPSA) is 109 Å². The maximum atomic E-state index is 12.0. The molecule has 0 aliphatic carbocycles. The van der Waals surface area contributed by atoms with E-state index in [-0.39, 0.29) is 30.5 Å². The molecule has 158 valence electrons. The molecular formula is C21H24N4O4S. The zero-order valence-electron chi connectivity index (χ0n) is 16.8. The van der Waals surface area contributed by atoms with Crippen LogP contribution in [0.15, 0.2) is 48.5 Å². The number of hydrogen-bond donors (Lipinski definition) is 4. The summed E-state index contributed by atoms with van der Waals surface area (Å²) in [6, 6.07) is 14.6. The number of amides is 3. The zero-order valence-corrected chi connectivity index (χ0v) is 17.6. The van der Waals surface area contributed by atoms with Gasteiger partial charge in [0, 0.05) is 18.5 Å². The summed E-state index contributed by atoms with van der Waals surface area (Å²) in [6.07, 6.45) is -0.0394. The Labute approximate surface area is 180 Å². The molecule has 0 bridgehead atoms. The predicted octanol–water partition coefficient (Wildman–Crippen LogP) is 2.12. The first-order chi connectivity index (χ1) is 14.3. The van der Waals surface area contributed by atoms with E-state index in [0.29, 0.717) is 5.75 Å². The molecule has 0 aliphatic rings. The van der Waals surface area contributed by atoms with Crippen LogP contribution in [0.5, 0.6) is 5.75 Å². The summed E-state index contributed by atoms with van der Waals surface area (Å²) >= 11 is 4.94. The van der Waals surface area contributed by atoms with E-state index in [9.17, 15) is 14.4 Å². The first-order valence-corrected chi connectivity index (χ1v) is 9.68. The van der Waals surface area contributed by atoms with Gasteiger partial charge < -0.3 is 10.1 Å². The Morgan fingerprint density at radius 3 is 2.33 bits per heavy atom. The predicted molar refractivity (Wildman–Crippen MR) is 118 cm³/mol. The minimum Gasteiger partial charge on any atom is -0.484 e. The molecule has 8 nitrogen and oxygen atoms in total. The van der Waals surface area contributed by atoms with E-state index < -0.39 is 11.8 Å². The fraction of sp³-hybridized carbons (Fsp3) is 0.238. The van der Waals surface area contributed by atoms with Gasteiger partial charge in [-0.25, -0.2) is 0 Å². The Kier molecular flexibility index (Phi) is 8.76. The van der Waals surface area contributed by atoms with Gasteiger partial charge in [-0.3, -0.25) is 30.6 Å². The van der Waals surface area contributed by atoms with Crippen LogP contribution in [-0.4, -0.2) is 29.4 Å². The molecular weight excluding hydrogens is 404 g/mol. The highest BCUT2D eigenvalue weighted by atomic mass is 32.1. The van der Waals surface area contributed by atoms with Crippen LogP contribution in [0.4, 0.5) is 5.69 Å². The van der Waals surface area contributed by atoms with Gasteiger partial charge in [-0.2, -0.15) is 0 Å². The number of nitrogens with one attached hydrogen (secondary N) is 4. The van der Waals surface area contributed by atoms with Crippen molar-refractivity contribution in [3.8, 4) is 5.75 Å². The van der Waals surface area contributed by atoms with Crippen LogP contribution in [0.1, 0.15) is 24.0 Å². The number of hydrogen-bond acceptors (Lipinski definition) is 5. The molecule has 2 aromatic carbocycles. The molecule has 9 heteroatoms. The fourth-order valence-corrected chi connectivity index (χ4v) is 2.52. The average molecular weight is 429 g/mol. The van der Waals surface area contributed by atoms with Crippen molar-refractivity contribution >= 4 is 40.7 Å². The minimum atomic E-state index is -0.474. The van der Waals surface area contributed by atoms with Gasteiger partial charge in [-0.05, 0) is 55.4 Å². The van der Waals surface area contributed by atoms with Crippen molar-refractivity contribution < 1.29 is 19.1 Å². The highest BCUT2D eigenvalue weighted by Crippen LogP contribution is 2.16. The molecule has 0 spiro atoms. The lowest BCUT2D eigenvalue weighted by molar-refractivity contribution is -0.125. The normalized spacial score (nSPS) is 9.93. The van der Waals surface area contributed by atoms with E-state index in [1.807, 2.05) is 38.1 Å². The first kappa shape index (κ1) is 22.8. The van der Waals surface area contributed by atoms with E-state index >= 15 is 0 Å². The van der Waals surface area contributed by atoms with Crippen LogP contribution in [0.3, 0.4) is 0 Å². The van der Waals surface area contributed by atoms with E-state index in [0.717, 1.165) is 16.8 Å². The standard InChI is InChI=1S/C21H24N4O4S/c1-14-8-9-15(2)17(12-14)22-18(26)10-11-19(27)24-25-21(30)23-20(28)13-29-16-6-4-3-5-7-16/h3-9,12H,10-11,13H2,1-2H3,(H,22,26)(H,24,27)(H2,23,25,28,30). The van der Waals surface area contributed by atoms with Crippen molar-refractivity contribution in [3.05, 3.63) is 59.7 Å². The van der Waals surface area contributed by atoms with Gasteiger partial charge in [0.2, 0.25) is 11.8 Å². The van der Waals surface area contributed by atoms with Crippen molar-refractivity contribution in [2.24, 2.45) is 0 Å². The summed E-state index contributed by atoms with van der Waals surface area (Å²) in [4.78, 5) is 35.7. The zero-order chi connectivity index (χ0) is 21.9. The Bertz CT molecular complexity index is 918. The quantitative estimate of drug-likeness (QED) is 0.397. The molecule has 0 aliphatic heterocycles. The van der Waals surface area contributed by atoms with Gasteiger partial charge in [-0.15, -0.1) is 0 Å². The molecule has 30 heavy (non-hydrogen) atoms. The lowest BCUT2D eigenvalue weighted by atomic mass is 10.1. The molecule has 2 aromatic rings. The third kappa shape index (κ3) is 8.27. The summed E-state index contributed by atoms with van der Waals surface area (Å²) in [6.45, 7) is 3.60. The maximum absolute atomic E-state index is 12.0. The number of aryl methyl sites for hydroxylation is 2. The third-order valence-corrected chi connectivity index (χ3v) is 4.13. The summed E-state index contributed by atoms with van der Waals surface area (Å²) < 4.78 is 5.29. The molecule has 0 saturated heterocycles. The van der Waals surface area contributed by atoms with Gasteiger partial charge in [0.15, 0.2) is 11.7 Å². The second-order valence-electron chi connectivity index (χ2n) is 6.52. The van der Waals surface area contributed by atoms with Crippen molar-refractivity contribution in [2.75, 3.05) is 11.9 Å². The van der Waals surface area contributed by atoms with Crippen LogP contribution < -0.4 is 26.2 Å². The number of benzene rings is 2. The summed E-state index contributed by atoms with van der Waals surface area (Å²) in [7, 11) is 0. The minimum absolute atomic E-state index is 0.00489. The van der Waals surface area contributed by atoms with Crippen LogP contribution in [0.25, 0.3) is 0 Å². The Morgan fingerprint density at radius 2 is 1.60 bits per heavy atom. The molecule has 3 amide bonds. The van der Waals surface area contributed by atoms with Crippen LogP contribution in [-0.2, 0) is 14.4 Å². The van der Waals surface area contributed by atoms with Gasteiger partial charge in [-0.1, -0.05) is 30.3 Å². The van der Waals surface area contributed by atoms with E-state index in [1.165, 1.54) is 0 Å². The number of carbonyl (C=O) groups is 3. The van der Waals surface area contributed by atoms with E-state index in [1.54, 1.807) is 24.3 Å². The molecule has 0 aromatic heterocycles. The molecule has 2 rings (SSSR count).